The highest BCUT2D eigenvalue weighted by atomic mass is 32.2. The van der Waals surface area contributed by atoms with Gasteiger partial charge in [-0.1, -0.05) is 36.4 Å². The lowest BCUT2D eigenvalue weighted by molar-refractivity contribution is -0.122. The van der Waals surface area contributed by atoms with E-state index < -0.39 is 22.0 Å². The van der Waals surface area contributed by atoms with Gasteiger partial charge in [0.2, 0.25) is 15.9 Å². The summed E-state index contributed by atoms with van der Waals surface area (Å²) in [6.07, 6.45) is 0.188. The number of carbonyl (C=O) groups excluding carboxylic acids is 1. The van der Waals surface area contributed by atoms with Gasteiger partial charge < -0.3 is 19.5 Å². The van der Waals surface area contributed by atoms with Crippen molar-refractivity contribution in [2.24, 2.45) is 0 Å². The number of benzene rings is 3. The largest absolute Gasteiger partial charge is 0.497 e. The smallest absolute Gasteiger partial charge is 0.241 e. The Morgan fingerprint density at radius 3 is 2.12 bits per heavy atom. The molecule has 0 fully saturated rings. The molecule has 3 aromatic carbocycles. The number of methoxy groups -OCH3 is 3. The summed E-state index contributed by atoms with van der Waals surface area (Å²) < 4.78 is 44.2. The summed E-state index contributed by atoms with van der Waals surface area (Å²) in [7, 11) is 0.621. The first-order valence-electron chi connectivity index (χ1n) is 10.5. The second-order valence-corrected chi connectivity index (χ2v) is 9.16. The molecule has 0 saturated carbocycles. The van der Waals surface area contributed by atoms with E-state index in [0.717, 1.165) is 11.1 Å². The van der Waals surface area contributed by atoms with Crippen molar-refractivity contribution < 1.29 is 27.4 Å². The molecule has 0 bridgehead atoms. The zero-order valence-electron chi connectivity index (χ0n) is 19.3. The Hall–Kier alpha value is -3.56. The first kappa shape index (κ1) is 25.1. The quantitative estimate of drug-likeness (QED) is 0.434. The molecule has 0 aliphatic rings. The Kier molecular flexibility index (Phi) is 8.50. The maximum Gasteiger partial charge on any atom is 0.241 e. The van der Waals surface area contributed by atoms with Crippen LogP contribution < -0.4 is 24.2 Å². The number of amides is 1. The summed E-state index contributed by atoms with van der Waals surface area (Å²) in [5.74, 6) is 1.20. The number of nitrogens with one attached hydrogen (secondary N) is 2. The Labute approximate surface area is 199 Å². The fraction of sp³-hybridized carbons (Fsp3) is 0.240. The van der Waals surface area contributed by atoms with Gasteiger partial charge in [0.05, 0.1) is 26.2 Å². The van der Waals surface area contributed by atoms with Crippen molar-refractivity contribution in [3.05, 3.63) is 83.9 Å². The maximum absolute atomic E-state index is 13.1. The minimum Gasteiger partial charge on any atom is -0.497 e. The molecule has 3 aromatic rings. The fourth-order valence-corrected chi connectivity index (χ4v) is 4.55. The molecule has 0 radical (unpaired) electrons. The number of ether oxygens (including phenoxy) is 3. The average Bonchev–Trinajstić information content (AvgIpc) is 2.87. The van der Waals surface area contributed by atoms with Gasteiger partial charge in [0.1, 0.15) is 11.8 Å². The second-order valence-electron chi connectivity index (χ2n) is 7.45. The third-order valence-electron chi connectivity index (χ3n) is 5.18. The third kappa shape index (κ3) is 6.49. The van der Waals surface area contributed by atoms with Crippen LogP contribution >= 0.6 is 0 Å². The van der Waals surface area contributed by atoms with Crippen LogP contribution in [-0.4, -0.2) is 41.7 Å². The zero-order valence-corrected chi connectivity index (χ0v) is 20.1. The summed E-state index contributed by atoms with van der Waals surface area (Å²) in [4.78, 5) is 13.1. The zero-order chi connectivity index (χ0) is 24.6. The highest BCUT2D eigenvalue weighted by Crippen LogP contribution is 2.27. The molecule has 0 heterocycles. The molecular formula is C25H28N2O6S. The van der Waals surface area contributed by atoms with E-state index in [9.17, 15) is 13.2 Å². The van der Waals surface area contributed by atoms with Crippen LogP contribution in [0.15, 0.2) is 77.7 Å². The van der Waals surface area contributed by atoms with Gasteiger partial charge in [0.15, 0.2) is 11.5 Å². The minimum atomic E-state index is -3.96. The number of hydrogen-bond acceptors (Lipinski definition) is 6. The van der Waals surface area contributed by atoms with E-state index in [1.165, 1.54) is 26.4 Å². The van der Waals surface area contributed by atoms with Crippen molar-refractivity contribution in [2.45, 2.75) is 23.9 Å². The fourth-order valence-electron chi connectivity index (χ4n) is 3.35. The molecule has 34 heavy (non-hydrogen) atoms. The van der Waals surface area contributed by atoms with Crippen LogP contribution in [0.3, 0.4) is 0 Å². The Balaban J connectivity index is 1.78. The first-order chi connectivity index (χ1) is 16.4. The van der Waals surface area contributed by atoms with Gasteiger partial charge in [-0.15, -0.1) is 0 Å². The van der Waals surface area contributed by atoms with E-state index in [4.69, 9.17) is 14.2 Å². The van der Waals surface area contributed by atoms with Gasteiger partial charge >= 0.3 is 0 Å². The molecule has 180 valence electrons. The molecule has 1 atom stereocenters. The topological polar surface area (TPSA) is 103 Å². The first-order valence-corrected chi connectivity index (χ1v) is 12.0. The Morgan fingerprint density at radius 1 is 0.824 bits per heavy atom. The second kappa shape index (κ2) is 11.5. The van der Waals surface area contributed by atoms with Crippen molar-refractivity contribution >= 4 is 15.9 Å². The number of sulfonamides is 1. The van der Waals surface area contributed by atoms with Crippen LogP contribution in [0.4, 0.5) is 0 Å². The summed E-state index contributed by atoms with van der Waals surface area (Å²) in [6.45, 7) is 0.189. The van der Waals surface area contributed by atoms with Crippen molar-refractivity contribution in [2.75, 3.05) is 21.3 Å². The van der Waals surface area contributed by atoms with E-state index in [2.05, 4.69) is 10.0 Å². The summed E-state index contributed by atoms with van der Waals surface area (Å²) >= 11 is 0. The van der Waals surface area contributed by atoms with Gasteiger partial charge in [0.25, 0.3) is 0 Å². The van der Waals surface area contributed by atoms with Gasteiger partial charge in [0, 0.05) is 6.54 Å². The molecule has 0 aromatic heterocycles. The van der Waals surface area contributed by atoms with Crippen LogP contribution in [0.1, 0.15) is 11.1 Å². The van der Waals surface area contributed by atoms with Gasteiger partial charge in [-0.05, 0) is 53.9 Å². The van der Waals surface area contributed by atoms with Crippen LogP contribution in [0.2, 0.25) is 0 Å². The summed E-state index contributed by atoms with van der Waals surface area (Å²) in [6, 6.07) is 19.5. The number of rotatable bonds is 11. The molecule has 1 amide bonds. The van der Waals surface area contributed by atoms with Gasteiger partial charge in [-0.25, -0.2) is 8.42 Å². The minimum absolute atomic E-state index is 0.0408. The van der Waals surface area contributed by atoms with Crippen molar-refractivity contribution in [1.29, 1.82) is 0 Å². The highest BCUT2D eigenvalue weighted by Gasteiger charge is 2.26. The number of hydrogen-bond donors (Lipinski definition) is 2. The average molecular weight is 485 g/mol. The van der Waals surface area contributed by atoms with Gasteiger partial charge in [-0.2, -0.15) is 4.72 Å². The maximum atomic E-state index is 13.1. The Bertz CT molecular complexity index is 1200. The molecule has 0 spiro atoms. The van der Waals surface area contributed by atoms with Crippen LogP contribution in [0, 0.1) is 0 Å². The van der Waals surface area contributed by atoms with E-state index in [1.807, 2.05) is 30.3 Å². The molecule has 3 rings (SSSR count). The molecule has 8 nitrogen and oxygen atoms in total. The van der Waals surface area contributed by atoms with E-state index >= 15 is 0 Å². The molecule has 2 N–H and O–H groups in total. The molecule has 9 heteroatoms. The lowest BCUT2D eigenvalue weighted by Crippen LogP contribution is -2.47. The standard InChI is InChI=1S/C25H28N2O6S/c1-31-20-10-12-21(13-11-20)34(29,30)27-22(15-18-7-5-4-6-8-18)25(28)26-17-19-9-14-23(32-2)24(16-19)33-3/h4-14,16,22,27H,15,17H2,1-3H3,(H,26,28). The normalized spacial score (nSPS) is 12.0. The van der Waals surface area contributed by atoms with Crippen molar-refractivity contribution in [3.63, 3.8) is 0 Å². The van der Waals surface area contributed by atoms with E-state index in [1.54, 1.807) is 37.4 Å². The lowest BCUT2D eigenvalue weighted by Gasteiger charge is -2.19. The predicted octanol–water partition coefficient (Wildman–Crippen LogP) is 2.92. The monoisotopic (exact) mass is 484 g/mol. The van der Waals surface area contributed by atoms with Gasteiger partial charge in [-0.3, -0.25) is 4.79 Å². The van der Waals surface area contributed by atoms with Crippen LogP contribution in [-0.2, 0) is 27.8 Å². The molecule has 0 aliphatic carbocycles. The SMILES string of the molecule is COc1ccc(S(=O)(=O)NC(Cc2ccccc2)C(=O)NCc2ccc(OC)c(OC)c2)cc1. The highest BCUT2D eigenvalue weighted by molar-refractivity contribution is 7.89. The third-order valence-corrected chi connectivity index (χ3v) is 6.67. The molecule has 1 unspecified atom stereocenters. The van der Waals surface area contributed by atoms with Crippen LogP contribution in [0.25, 0.3) is 0 Å². The predicted molar refractivity (Wildman–Crippen MR) is 129 cm³/mol. The van der Waals surface area contributed by atoms with E-state index in [0.29, 0.717) is 17.2 Å². The lowest BCUT2D eigenvalue weighted by atomic mass is 10.1. The van der Waals surface area contributed by atoms with Crippen molar-refractivity contribution in [1.82, 2.24) is 10.0 Å². The number of carbonyl (C=O) groups is 1. The van der Waals surface area contributed by atoms with Crippen molar-refractivity contribution in [3.8, 4) is 17.2 Å². The Morgan fingerprint density at radius 2 is 1.50 bits per heavy atom. The summed E-state index contributed by atoms with van der Waals surface area (Å²) in [5.41, 5.74) is 1.61. The molecule has 0 aliphatic heterocycles. The van der Waals surface area contributed by atoms with E-state index in [-0.39, 0.29) is 17.9 Å². The summed E-state index contributed by atoms with van der Waals surface area (Å²) in [5, 5.41) is 2.82. The molecule has 0 saturated heterocycles. The molecular weight excluding hydrogens is 456 g/mol. The van der Waals surface area contributed by atoms with Crippen LogP contribution in [0.5, 0.6) is 17.2 Å².